The van der Waals surface area contributed by atoms with Crippen LogP contribution in [-0.2, 0) is 11.2 Å². The second-order valence-corrected chi connectivity index (χ2v) is 9.29. The van der Waals surface area contributed by atoms with Crippen LogP contribution in [0.25, 0.3) is 0 Å². The standard InChI is InChI=1S/C29H35FN4O/c1-32(2)26-13-9-24(10-14-26)28(22-31-29(35)17-8-23-6-4-3-5-7-23)34-20-18-33(19-21-34)27-15-11-25(30)12-16-27/h3-7,9-16,28H,8,17-22H2,1-2H3,(H,31,35)/t28-/m1/s1. The third-order valence-corrected chi connectivity index (χ3v) is 6.72. The number of anilines is 2. The minimum absolute atomic E-state index is 0.0775. The zero-order chi connectivity index (χ0) is 24.6. The predicted octanol–water partition coefficient (Wildman–Crippen LogP) is 4.50. The molecule has 1 saturated heterocycles. The van der Waals surface area contributed by atoms with Gasteiger partial charge in [0.2, 0.25) is 5.91 Å². The molecule has 0 aliphatic carbocycles. The number of nitrogens with one attached hydrogen (secondary N) is 1. The lowest BCUT2D eigenvalue weighted by Gasteiger charge is -2.40. The number of rotatable bonds is 9. The van der Waals surface area contributed by atoms with E-state index in [1.54, 1.807) is 0 Å². The topological polar surface area (TPSA) is 38.8 Å². The maximum Gasteiger partial charge on any atom is 0.220 e. The molecule has 0 spiro atoms. The summed E-state index contributed by atoms with van der Waals surface area (Å²) in [6.07, 6.45) is 1.22. The first-order valence-corrected chi connectivity index (χ1v) is 12.3. The molecule has 1 fully saturated rings. The van der Waals surface area contributed by atoms with E-state index in [0.717, 1.165) is 44.0 Å². The number of hydrogen-bond acceptors (Lipinski definition) is 4. The SMILES string of the molecule is CN(C)c1ccc([C@@H](CNC(=O)CCc2ccccc2)N2CCN(c3ccc(F)cc3)CC2)cc1. The lowest BCUT2D eigenvalue weighted by Crippen LogP contribution is -2.50. The number of hydrogen-bond donors (Lipinski definition) is 1. The van der Waals surface area contributed by atoms with Crippen molar-refractivity contribution >= 4 is 17.3 Å². The first kappa shape index (κ1) is 24.7. The number of nitrogens with zero attached hydrogens (tertiary/aromatic N) is 3. The minimum Gasteiger partial charge on any atom is -0.378 e. The molecule has 0 saturated carbocycles. The van der Waals surface area contributed by atoms with Gasteiger partial charge in [0.05, 0.1) is 6.04 Å². The molecule has 1 heterocycles. The van der Waals surface area contributed by atoms with Crippen LogP contribution in [0.3, 0.4) is 0 Å². The first-order chi connectivity index (χ1) is 17.0. The van der Waals surface area contributed by atoms with Gasteiger partial charge in [-0.2, -0.15) is 0 Å². The monoisotopic (exact) mass is 474 g/mol. The minimum atomic E-state index is -0.211. The van der Waals surface area contributed by atoms with Crippen LogP contribution in [0.1, 0.15) is 23.6 Å². The highest BCUT2D eigenvalue weighted by Crippen LogP contribution is 2.26. The second-order valence-electron chi connectivity index (χ2n) is 9.29. The number of piperazine rings is 1. The highest BCUT2D eigenvalue weighted by atomic mass is 19.1. The molecular formula is C29H35FN4O. The Hall–Kier alpha value is -3.38. The molecule has 184 valence electrons. The van der Waals surface area contributed by atoms with E-state index < -0.39 is 0 Å². The molecule has 3 aromatic rings. The molecule has 0 aromatic heterocycles. The second kappa shape index (κ2) is 11.8. The van der Waals surface area contributed by atoms with Gasteiger partial charge in [0.15, 0.2) is 0 Å². The summed E-state index contributed by atoms with van der Waals surface area (Å²) >= 11 is 0. The Kier molecular flexibility index (Phi) is 8.37. The molecule has 35 heavy (non-hydrogen) atoms. The first-order valence-electron chi connectivity index (χ1n) is 12.3. The van der Waals surface area contributed by atoms with Gasteiger partial charge in [-0.15, -0.1) is 0 Å². The van der Waals surface area contributed by atoms with Gasteiger partial charge < -0.3 is 15.1 Å². The third kappa shape index (κ3) is 6.83. The molecule has 1 atom stereocenters. The lowest BCUT2D eigenvalue weighted by molar-refractivity contribution is -0.121. The molecule has 1 amide bonds. The van der Waals surface area contributed by atoms with Crippen molar-refractivity contribution in [1.29, 1.82) is 0 Å². The van der Waals surface area contributed by atoms with Gasteiger partial charge in [-0.25, -0.2) is 4.39 Å². The smallest absolute Gasteiger partial charge is 0.220 e. The van der Waals surface area contributed by atoms with Crippen LogP contribution in [0, 0.1) is 5.82 Å². The van der Waals surface area contributed by atoms with Crippen LogP contribution in [-0.4, -0.2) is 57.6 Å². The number of carbonyl (C=O) groups is 1. The van der Waals surface area contributed by atoms with Crippen molar-refractivity contribution in [2.45, 2.75) is 18.9 Å². The zero-order valence-corrected chi connectivity index (χ0v) is 20.7. The van der Waals surface area contributed by atoms with Gasteiger partial charge in [-0.3, -0.25) is 9.69 Å². The molecule has 3 aromatic carbocycles. The number of amides is 1. The molecule has 1 aliphatic heterocycles. The summed E-state index contributed by atoms with van der Waals surface area (Å²) in [5.74, 6) is -0.134. The lowest BCUT2D eigenvalue weighted by atomic mass is 10.0. The molecule has 0 bridgehead atoms. The fourth-order valence-corrected chi connectivity index (χ4v) is 4.60. The largest absolute Gasteiger partial charge is 0.378 e. The summed E-state index contributed by atoms with van der Waals surface area (Å²) in [7, 11) is 4.07. The van der Waals surface area contributed by atoms with Crippen molar-refractivity contribution in [2.75, 3.05) is 56.6 Å². The van der Waals surface area contributed by atoms with Gasteiger partial charge in [0.1, 0.15) is 5.82 Å². The van der Waals surface area contributed by atoms with E-state index in [0.29, 0.717) is 13.0 Å². The van der Waals surface area contributed by atoms with Crippen LogP contribution in [0.15, 0.2) is 78.9 Å². The Morgan fingerprint density at radius 1 is 0.914 bits per heavy atom. The summed E-state index contributed by atoms with van der Waals surface area (Å²) in [6.45, 7) is 4.04. The number of aryl methyl sites for hydroxylation is 1. The maximum atomic E-state index is 13.3. The number of halogens is 1. The summed E-state index contributed by atoms with van der Waals surface area (Å²) in [4.78, 5) is 19.5. The van der Waals surface area contributed by atoms with Crippen LogP contribution in [0.2, 0.25) is 0 Å². The average molecular weight is 475 g/mol. The molecule has 1 aliphatic rings. The third-order valence-electron chi connectivity index (χ3n) is 6.72. The highest BCUT2D eigenvalue weighted by molar-refractivity contribution is 5.76. The van der Waals surface area contributed by atoms with E-state index >= 15 is 0 Å². The zero-order valence-electron chi connectivity index (χ0n) is 20.7. The van der Waals surface area contributed by atoms with Crippen LogP contribution >= 0.6 is 0 Å². The molecule has 4 rings (SSSR count). The summed E-state index contributed by atoms with van der Waals surface area (Å²) in [5, 5.41) is 3.19. The number of carbonyl (C=O) groups excluding carboxylic acids is 1. The van der Waals surface area contributed by atoms with Crippen molar-refractivity contribution in [2.24, 2.45) is 0 Å². The van der Waals surface area contributed by atoms with Crippen molar-refractivity contribution < 1.29 is 9.18 Å². The van der Waals surface area contributed by atoms with E-state index in [2.05, 4.69) is 56.4 Å². The maximum absolute atomic E-state index is 13.3. The molecule has 0 unspecified atom stereocenters. The quantitative estimate of drug-likeness (QED) is 0.496. The fraction of sp³-hybridized carbons (Fsp3) is 0.345. The molecule has 1 N–H and O–H groups in total. The molecular weight excluding hydrogens is 439 g/mol. The highest BCUT2D eigenvalue weighted by Gasteiger charge is 2.26. The number of benzene rings is 3. The Morgan fingerprint density at radius 2 is 1.57 bits per heavy atom. The summed E-state index contributed by atoms with van der Waals surface area (Å²) in [5.41, 5.74) is 4.58. The van der Waals surface area contributed by atoms with Crippen LogP contribution in [0.5, 0.6) is 0 Å². The van der Waals surface area contributed by atoms with Crippen molar-refractivity contribution in [3.05, 3.63) is 95.8 Å². The normalized spacial score (nSPS) is 15.0. The van der Waals surface area contributed by atoms with Gasteiger partial charge in [0, 0.05) is 64.6 Å². The summed E-state index contributed by atoms with van der Waals surface area (Å²) < 4.78 is 13.3. The van der Waals surface area contributed by atoms with E-state index in [9.17, 15) is 9.18 Å². The van der Waals surface area contributed by atoms with Crippen LogP contribution < -0.4 is 15.1 Å². The molecule has 6 heteroatoms. The molecule has 0 radical (unpaired) electrons. The Balaban J connectivity index is 1.40. The van der Waals surface area contributed by atoms with Gasteiger partial charge in [-0.1, -0.05) is 42.5 Å². The van der Waals surface area contributed by atoms with Crippen molar-refractivity contribution in [3.63, 3.8) is 0 Å². The average Bonchev–Trinajstić information content (AvgIpc) is 2.89. The fourth-order valence-electron chi connectivity index (χ4n) is 4.60. The van der Waals surface area contributed by atoms with E-state index in [4.69, 9.17) is 0 Å². The Labute approximate surface area is 208 Å². The van der Waals surface area contributed by atoms with E-state index in [1.807, 2.05) is 44.4 Å². The van der Waals surface area contributed by atoms with Crippen molar-refractivity contribution in [3.8, 4) is 0 Å². The summed E-state index contributed by atoms with van der Waals surface area (Å²) in [6, 6.07) is 25.5. The predicted molar refractivity (Wildman–Crippen MR) is 141 cm³/mol. The van der Waals surface area contributed by atoms with Crippen LogP contribution in [0.4, 0.5) is 15.8 Å². The van der Waals surface area contributed by atoms with Crippen molar-refractivity contribution in [1.82, 2.24) is 10.2 Å². The van der Waals surface area contributed by atoms with Gasteiger partial charge in [0.25, 0.3) is 0 Å². The van der Waals surface area contributed by atoms with Gasteiger partial charge in [-0.05, 0) is 53.9 Å². The Morgan fingerprint density at radius 3 is 2.20 bits per heavy atom. The molecule has 5 nitrogen and oxygen atoms in total. The Bertz CT molecular complexity index is 1060. The van der Waals surface area contributed by atoms with E-state index in [1.165, 1.54) is 23.3 Å². The van der Waals surface area contributed by atoms with E-state index in [-0.39, 0.29) is 17.8 Å². The van der Waals surface area contributed by atoms with Gasteiger partial charge >= 0.3 is 0 Å².